The molecule has 4 rings (SSSR count). The van der Waals surface area contributed by atoms with Crippen LogP contribution in [-0.2, 0) is 4.79 Å². The van der Waals surface area contributed by atoms with Gasteiger partial charge in [0.2, 0.25) is 5.91 Å². The Morgan fingerprint density at radius 1 is 1.03 bits per heavy atom. The van der Waals surface area contributed by atoms with Crippen LogP contribution in [0.1, 0.15) is 28.9 Å². The molecule has 0 bridgehead atoms. The second kappa shape index (κ2) is 8.55. The summed E-state index contributed by atoms with van der Waals surface area (Å²) in [5.74, 6) is 0.196. The number of carbonyl (C=O) groups is 2. The molecule has 29 heavy (non-hydrogen) atoms. The van der Waals surface area contributed by atoms with Crippen molar-refractivity contribution in [3.05, 3.63) is 46.7 Å². The van der Waals surface area contributed by atoms with Gasteiger partial charge in [0.25, 0.3) is 5.91 Å². The van der Waals surface area contributed by atoms with Crippen LogP contribution in [0.2, 0.25) is 5.02 Å². The molecule has 0 spiro atoms. The van der Waals surface area contributed by atoms with E-state index < -0.39 is 0 Å². The van der Waals surface area contributed by atoms with Crippen molar-refractivity contribution in [2.24, 2.45) is 0 Å². The summed E-state index contributed by atoms with van der Waals surface area (Å²) in [6.07, 6.45) is 3.84. The Bertz CT molecular complexity index is 898. The second-order valence-corrected chi connectivity index (χ2v) is 8.13. The molecule has 2 fully saturated rings. The molecule has 8 heteroatoms. The molecular weight excluding hydrogens is 390 g/mol. The molecule has 0 unspecified atom stereocenters. The van der Waals surface area contributed by atoms with E-state index in [1.54, 1.807) is 10.9 Å². The number of hydrogen-bond acceptors (Lipinski definition) is 4. The van der Waals surface area contributed by atoms with Gasteiger partial charge in [-0.3, -0.25) is 14.5 Å². The van der Waals surface area contributed by atoms with Gasteiger partial charge >= 0.3 is 0 Å². The first-order chi connectivity index (χ1) is 14.0. The molecule has 0 atom stereocenters. The van der Waals surface area contributed by atoms with Crippen LogP contribution in [-0.4, -0.2) is 82.1 Å². The van der Waals surface area contributed by atoms with E-state index in [0.29, 0.717) is 43.3 Å². The highest BCUT2D eigenvalue weighted by Crippen LogP contribution is 2.19. The molecule has 3 heterocycles. The maximum absolute atomic E-state index is 13.0. The Morgan fingerprint density at radius 2 is 1.76 bits per heavy atom. The van der Waals surface area contributed by atoms with E-state index in [0.717, 1.165) is 37.3 Å². The number of aromatic nitrogens is 2. The standard InChI is InChI=1S/C21H26ClN5O2/c1-16-19(14-23-27(16)18-6-4-5-17(22)13-18)21(29)26-11-9-24(10-12-26)15-20(28)25-7-2-3-8-25/h4-6,13-14H,2-3,7-12,15H2,1H3. The van der Waals surface area contributed by atoms with Crippen molar-refractivity contribution in [1.29, 1.82) is 0 Å². The Balaban J connectivity index is 1.37. The normalized spacial score (nSPS) is 17.7. The minimum absolute atomic E-state index is 0.0127. The van der Waals surface area contributed by atoms with Gasteiger partial charge in [-0.15, -0.1) is 0 Å². The molecule has 0 aliphatic carbocycles. The van der Waals surface area contributed by atoms with E-state index in [4.69, 9.17) is 11.6 Å². The summed E-state index contributed by atoms with van der Waals surface area (Å²) in [6.45, 7) is 6.78. The Kier molecular flexibility index (Phi) is 5.87. The van der Waals surface area contributed by atoms with Gasteiger partial charge in [-0.05, 0) is 38.0 Å². The van der Waals surface area contributed by atoms with Gasteiger partial charge in [0.05, 0.1) is 29.7 Å². The van der Waals surface area contributed by atoms with Crippen molar-refractivity contribution >= 4 is 23.4 Å². The predicted octanol–water partition coefficient (Wildman–Crippen LogP) is 2.21. The first-order valence-electron chi connectivity index (χ1n) is 10.1. The average molecular weight is 416 g/mol. The number of amides is 2. The summed E-state index contributed by atoms with van der Waals surface area (Å²) >= 11 is 6.08. The van der Waals surface area contributed by atoms with Crippen LogP contribution in [0.3, 0.4) is 0 Å². The number of rotatable bonds is 4. The SMILES string of the molecule is Cc1c(C(=O)N2CCN(CC(=O)N3CCCC3)CC2)cnn1-c1cccc(Cl)c1. The largest absolute Gasteiger partial charge is 0.342 e. The van der Waals surface area contributed by atoms with Crippen molar-refractivity contribution in [2.75, 3.05) is 45.8 Å². The van der Waals surface area contributed by atoms with Crippen molar-refractivity contribution in [3.8, 4) is 5.69 Å². The lowest BCUT2D eigenvalue weighted by molar-refractivity contribution is -0.131. The van der Waals surface area contributed by atoms with E-state index in [1.165, 1.54) is 0 Å². The first kappa shape index (κ1) is 19.9. The number of likely N-dealkylation sites (tertiary alicyclic amines) is 1. The molecule has 0 N–H and O–H groups in total. The summed E-state index contributed by atoms with van der Waals surface area (Å²) in [5, 5.41) is 5.02. The number of halogens is 1. The lowest BCUT2D eigenvalue weighted by atomic mass is 10.2. The summed E-state index contributed by atoms with van der Waals surface area (Å²) in [6, 6.07) is 7.41. The minimum Gasteiger partial charge on any atom is -0.342 e. The van der Waals surface area contributed by atoms with Crippen LogP contribution >= 0.6 is 11.6 Å². The van der Waals surface area contributed by atoms with Crippen molar-refractivity contribution in [1.82, 2.24) is 24.5 Å². The van der Waals surface area contributed by atoms with Crippen LogP contribution in [0, 0.1) is 6.92 Å². The zero-order chi connectivity index (χ0) is 20.4. The van der Waals surface area contributed by atoms with Crippen molar-refractivity contribution in [3.63, 3.8) is 0 Å². The van der Waals surface area contributed by atoms with Gasteiger partial charge in [0.1, 0.15) is 0 Å². The Labute approximate surface area is 175 Å². The predicted molar refractivity (Wildman–Crippen MR) is 111 cm³/mol. The van der Waals surface area contributed by atoms with Crippen LogP contribution in [0.15, 0.2) is 30.5 Å². The molecule has 1 aromatic heterocycles. The van der Waals surface area contributed by atoms with Crippen LogP contribution < -0.4 is 0 Å². The highest BCUT2D eigenvalue weighted by atomic mass is 35.5. The zero-order valence-corrected chi connectivity index (χ0v) is 17.4. The average Bonchev–Trinajstić information content (AvgIpc) is 3.38. The number of piperazine rings is 1. The molecule has 2 aliphatic heterocycles. The molecule has 0 saturated carbocycles. The fourth-order valence-corrected chi connectivity index (χ4v) is 4.21. The maximum Gasteiger partial charge on any atom is 0.257 e. The van der Waals surface area contributed by atoms with Crippen molar-refractivity contribution < 1.29 is 9.59 Å². The van der Waals surface area contributed by atoms with E-state index in [1.807, 2.05) is 41.0 Å². The zero-order valence-electron chi connectivity index (χ0n) is 16.7. The topological polar surface area (TPSA) is 61.7 Å². The van der Waals surface area contributed by atoms with Crippen LogP contribution in [0.25, 0.3) is 5.69 Å². The van der Waals surface area contributed by atoms with E-state index >= 15 is 0 Å². The van der Waals surface area contributed by atoms with E-state index in [2.05, 4.69) is 10.00 Å². The smallest absolute Gasteiger partial charge is 0.257 e. The third kappa shape index (κ3) is 4.31. The number of benzene rings is 1. The van der Waals surface area contributed by atoms with Crippen LogP contribution in [0.4, 0.5) is 0 Å². The number of carbonyl (C=O) groups excluding carboxylic acids is 2. The highest BCUT2D eigenvalue weighted by molar-refractivity contribution is 6.30. The molecule has 2 aromatic rings. The molecular formula is C21H26ClN5O2. The summed E-state index contributed by atoms with van der Waals surface area (Å²) in [4.78, 5) is 31.3. The van der Waals surface area contributed by atoms with Gasteiger partial charge in [-0.2, -0.15) is 5.10 Å². The fourth-order valence-electron chi connectivity index (χ4n) is 4.02. The van der Waals surface area contributed by atoms with Gasteiger partial charge in [0, 0.05) is 44.3 Å². The Morgan fingerprint density at radius 3 is 2.45 bits per heavy atom. The van der Waals surface area contributed by atoms with Gasteiger partial charge < -0.3 is 9.80 Å². The van der Waals surface area contributed by atoms with E-state index in [9.17, 15) is 9.59 Å². The second-order valence-electron chi connectivity index (χ2n) is 7.69. The molecule has 7 nitrogen and oxygen atoms in total. The molecule has 1 aromatic carbocycles. The molecule has 154 valence electrons. The molecule has 0 radical (unpaired) electrons. The van der Waals surface area contributed by atoms with Gasteiger partial charge in [-0.1, -0.05) is 17.7 Å². The molecule has 2 saturated heterocycles. The fraction of sp³-hybridized carbons (Fsp3) is 0.476. The monoisotopic (exact) mass is 415 g/mol. The summed E-state index contributed by atoms with van der Waals surface area (Å²) in [7, 11) is 0. The number of nitrogens with zero attached hydrogens (tertiary/aromatic N) is 5. The molecule has 2 aliphatic rings. The molecule has 2 amide bonds. The summed E-state index contributed by atoms with van der Waals surface area (Å²) < 4.78 is 1.74. The van der Waals surface area contributed by atoms with Crippen molar-refractivity contribution in [2.45, 2.75) is 19.8 Å². The highest BCUT2D eigenvalue weighted by Gasteiger charge is 2.27. The number of hydrogen-bond donors (Lipinski definition) is 0. The van der Waals surface area contributed by atoms with E-state index in [-0.39, 0.29) is 11.8 Å². The van der Waals surface area contributed by atoms with Gasteiger partial charge in [0.15, 0.2) is 0 Å². The maximum atomic E-state index is 13.0. The quantitative estimate of drug-likeness (QED) is 0.768. The first-order valence-corrected chi connectivity index (χ1v) is 10.5. The Hall–Kier alpha value is -2.38. The third-order valence-corrected chi connectivity index (χ3v) is 6.01. The third-order valence-electron chi connectivity index (χ3n) is 5.77. The minimum atomic E-state index is -0.0127. The lowest BCUT2D eigenvalue weighted by Gasteiger charge is -2.35. The van der Waals surface area contributed by atoms with Crippen LogP contribution in [0.5, 0.6) is 0 Å². The van der Waals surface area contributed by atoms with Gasteiger partial charge in [-0.25, -0.2) is 4.68 Å². The summed E-state index contributed by atoms with van der Waals surface area (Å²) in [5.41, 5.74) is 2.23. The lowest BCUT2D eigenvalue weighted by Crippen LogP contribution is -2.51.